The van der Waals surface area contributed by atoms with E-state index in [0.717, 1.165) is 24.1 Å². The van der Waals surface area contributed by atoms with Crippen LogP contribution in [0.2, 0.25) is 0 Å². The van der Waals surface area contributed by atoms with E-state index in [9.17, 15) is 4.79 Å². The van der Waals surface area contributed by atoms with Gasteiger partial charge in [0, 0.05) is 5.92 Å². The van der Waals surface area contributed by atoms with Crippen molar-refractivity contribution in [2.24, 2.45) is 5.92 Å². The van der Waals surface area contributed by atoms with E-state index >= 15 is 0 Å². The molecule has 2 N–H and O–H groups in total. The number of carbonyl (C=O) groups is 1. The Labute approximate surface area is 140 Å². The molecule has 23 heavy (non-hydrogen) atoms. The monoisotopic (exact) mass is 326 g/mol. The van der Waals surface area contributed by atoms with Gasteiger partial charge in [-0.15, -0.1) is 0 Å². The van der Waals surface area contributed by atoms with Crippen LogP contribution in [0.5, 0.6) is 5.75 Å². The van der Waals surface area contributed by atoms with Gasteiger partial charge < -0.3 is 15.4 Å². The van der Waals surface area contributed by atoms with E-state index in [1.54, 1.807) is 0 Å². The van der Waals surface area contributed by atoms with E-state index in [1.807, 2.05) is 54.6 Å². The van der Waals surface area contributed by atoms with Gasteiger partial charge in [-0.1, -0.05) is 42.5 Å². The molecule has 5 heteroatoms. The van der Waals surface area contributed by atoms with E-state index in [4.69, 9.17) is 17.0 Å². The van der Waals surface area contributed by atoms with Gasteiger partial charge in [-0.3, -0.25) is 4.79 Å². The topological polar surface area (TPSA) is 50.4 Å². The molecule has 0 spiro atoms. The van der Waals surface area contributed by atoms with Gasteiger partial charge in [0.05, 0.1) is 5.69 Å². The van der Waals surface area contributed by atoms with Crippen LogP contribution in [-0.4, -0.2) is 11.0 Å². The maximum atomic E-state index is 11.7. The second kappa shape index (κ2) is 7.24. The lowest BCUT2D eigenvalue weighted by Crippen LogP contribution is -2.35. The molecule has 1 saturated carbocycles. The number of anilines is 1. The minimum absolute atomic E-state index is 0.00909. The summed E-state index contributed by atoms with van der Waals surface area (Å²) in [6, 6.07) is 17.5. The van der Waals surface area contributed by atoms with Crippen molar-refractivity contribution in [1.29, 1.82) is 0 Å². The Hall–Kier alpha value is -2.40. The predicted molar refractivity (Wildman–Crippen MR) is 94.3 cm³/mol. The van der Waals surface area contributed by atoms with Gasteiger partial charge in [0.2, 0.25) is 5.91 Å². The number of amides is 1. The molecule has 3 rings (SSSR count). The summed E-state index contributed by atoms with van der Waals surface area (Å²) in [5, 5.41) is 6.06. The summed E-state index contributed by atoms with van der Waals surface area (Å²) in [7, 11) is 0. The highest BCUT2D eigenvalue weighted by Gasteiger charge is 2.30. The average molecular weight is 326 g/mol. The van der Waals surface area contributed by atoms with E-state index in [0.29, 0.717) is 17.5 Å². The number of nitrogens with one attached hydrogen (secondary N) is 2. The number of hydrogen-bond donors (Lipinski definition) is 2. The standard InChI is InChI=1S/C18H18N2O2S/c21-17(14-10-11-14)20-18(23)19-15-8-4-5-9-16(15)22-12-13-6-2-1-3-7-13/h1-9,14H,10-12H2,(H2,19,20,21,23). The van der Waals surface area contributed by atoms with Crippen LogP contribution in [0.3, 0.4) is 0 Å². The second-order valence-electron chi connectivity index (χ2n) is 5.49. The zero-order valence-electron chi connectivity index (χ0n) is 12.6. The summed E-state index contributed by atoms with van der Waals surface area (Å²) in [4.78, 5) is 11.7. The van der Waals surface area contributed by atoms with Gasteiger partial charge in [-0.25, -0.2) is 0 Å². The molecule has 118 valence electrons. The fourth-order valence-electron chi connectivity index (χ4n) is 2.14. The Bertz CT molecular complexity index is 699. The molecule has 4 nitrogen and oxygen atoms in total. The first-order valence-electron chi connectivity index (χ1n) is 7.60. The quantitative estimate of drug-likeness (QED) is 0.826. The molecule has 0 radical (unpaired) electrons. The van der Waals surface area contributed by atoms with E-state index in [-0.39, 0.29) is 11.8 Å². The molecule has 1 aliphatic rings. The van der Waals surface area contributed by atoms with Crippen molar-refractivity contribution >= 4 is 28.9 Å². The lowest BCUT2D eigenvalue weighted by atomic mass is 10.2. The average Bonchev–Trinajstić information content (AvgIpc) is 3.40. The normalized spacial score (nSPS) is 13.2. The molecule has 0 heterocycles. The first-order valence-corrected chi connectivity index (χ1v) is 8.01. The predicted octanol–water partition coefficient (Wildman–Crippen LogP) is 3.49. The van der Waals surface area contributed by atoms with Crippen molar-refractivity contribution in [2.45, 2.75) is 19.4 Å². The molecular weight excluding hydrogens is 308 g/mol. The van der Waals surface area contributed by atoms with Crippen molar-refractivity contribution in [3.05, 3.63) is 60.2 Å². The third kappa shape index (κ3) is 4.53. The molecule has 0 unspecified atom stereocenters. The molecule has 1 aliphatic carbocycles. The van der Waals surface area contributed by atoms with Gasteiger partial charge in [0.15, 0.2) is 5.11 Å². The number of thiocarbonyl (C=S) groups is 1. The van der Waals surface area contributed by atoms with E-state index < -0.39 is 0 Å². The lowest BCUT2D eigenvalue weighted by Gasteiger charge is -2.14. The van der Waals surface area contributed by atoms with Gasteiger partial charge in [-0.05, 0) is 42.8 Å². The molecule has 1 amide bonds. The highest BCUT2D eigenvalue weighted by molar-refractivity contribution is 7.80. The van der Waals surface area contributed by atoms with Crippen LogP contribution in [0, 0.1) is 5.92 Å². The number of para-hydroxylation sites is 2. The number of carbonyl (C=O) groups excluding carboxylic acids is 1. The van der Waals surface area contributed by atoms with Gasteiger partial charge >= 0.3 is 0 Å². The first kappa shape index (κ1) is 15.5. The van der Waals surface area contributed by atoms with Crippen LogP contribution in [0.15, 0.2) is 54.6 Å². The van der Waals surface area contributed by atoms with Crippen LogP contribution in [-0.2, 0) is 11.4 Å². The zero-order valence-corrected chi connectivity index (χ0v) is 13.4. The highest BCUT2D eigenvalue weighted by Crippen LogP contribution is 2.29. The summed E-state index contributed by atoms with van der Waals surface area (Å²) < 4.78 is 5.85. The molecule has 0 aliphatic heterocycles. The molecule has 2 aromatic rings. The molecule has 0 saturated heterocycles. The van der Waals surface area contributed by atoms with E-state index in [1.165, 1.54) is 0 Å². The largest absolute Gasteiger partial charge is 0.487 e. The maximum Gasteiger partial charge on any atom is 0.229 e. The Morgan fingerprint density at radius 1 is 1.09 bits per heavy atom. The third-order valence-corrected chi connectivity index (χ3v) is 3.76. The molecule has 2 aromatic carbocycles. The maximum absolute atomic E-state index is 11.7. The van der Waals surface area contributed by atoms with Crippen LogP contribution in [0.25, 0.3) is 0 Å². The van der Waals surface area contributed by atoms with Crippen molar-refractivity contribution in [1.82, 2.24) is 5.32 Å². The van der Waals surface area contributed by atoms with Crippen LogP contribution >= 0.6 is 12.2 Å². The third-order valence-electron chi connectivity index (χ3n) is 3.56. The fraction of sp³-hybridized carbons (Fsp3) is 0.222. The van der Waals surface area contributed by atoms with Crippen molar-refractivity contribution < 1.29 is 9.53 Å². The molecule has 0 bridgehead atoms. The SMILES string of the molecule is O=C(NC(=S)Nc1ccccc1OCc1ccccc1)C1CC1. The van der Waals surface area contributed by atoms with Crippen LogP contribution in [0.1, 0.15) is 18.4 Å². The van der Waals surface area contributed by atoms with Crippen molar-refractivity contribution in [3.8, 4) is 5.75 Å². The minimum Gasteiger partial charge on any atom is -0.487 e. The molecule has 0 aromatic heterocycles. The minimum atomic E-state index is -0.00909. The Morgan fingerprint density at radius 2 is 1.78 bits per heavy atom. The summed E-state index contributed by atoms with van der Waals surface area (Å²) in [6.07, 6.45) is 1.90. The van der Waals surface area contributed by atoms with Gasteiger partial charge in [-0.2, -0.15) is 0 Å². The van der Waals surface area contributed by atoms with Crippen molar-refractivity contribution in [3.63, 3.8) is 0 Å². The van der Waals surface area contributed by atoms with Gasteiger partial charge in [0.1, 0.15) is 12.4 Å². The number of rotatable bonds is 5. The highest BCUT2D eigenvalue weighted by atomic mass is 32.1. The smallest absolute Gasteiger partial charge is 0.229 e. The Morgan fingerprint density at radius 3 is 2.52 bits per heavy atom. The summed E-state index contributed by atoms with van der Waals surface area (Å²) in [5.41, 5.74) is 1.83. The second-order valence-corrected chi connectivity index (χ2v) is 5.90. The molecular formula is C18H18N2O2S. The number of benzene rings is 2. The Balaban J connectivity index is 1.60. The van der Waals surface area contributed by atoms with E-state index in [2.05, 4.69) is 10.6 Å². The van der Waals surface area contributed by atoms with Gasteiger partial charge in [0.25, 0.3) is 0 Å². The number of ether oxygens (including phenoxy) is 1. The lowest BCUT2D eigenvalue weighted by molar-refractivity contribution is -0.120. The van der Waals surface area contributed by atoms with Crippen LogP contribution in [0.4, 0.5) is 5.69 Å². The summed E-state index contributed by atoms with van der Waals surface area (Å²) in [5.74, 6) is 0.809. The van der Waals surface area contributed by atoms with Crippen molar-refractivity contribution in [2.75, 3.05) is 5.32 Å². The fourth-order valence-corrected chi connectivity index (χ4v) is 2.35. The Kier molecular flexibility index (Phi) is 4.88. The van der Waals surface area contributed by atoms with Crippen LogP contribution < -0.4 is 15.4 Å². The first-order chi connectivity index (χ1) is 11.2. The molecule has 0 atom stereocenters. The number of hydrogen-bond acceptors (Lipinski definition) is 3. The summed E-state index contributed by atoms with van der Waals surface area (Å²) >= 11 is 5.20. The zero-order chi connectivity index (χ0) is 16.1. The summed E-state index contributed by atoms with van der Waals surface area (Å²) in [6.45, 7) is 0.473. The molecule has 1 fully saturated rings.